The molecule has 1 saturated carbocycles. The van der Waals surface area contributed by atoms with Gasteiger partial charge in [0.1, 0.15) is 0 Å². The van der Waals surface area contributed by atoms with E-state index in [0.29, 0.717) is 5.54 Å². The summed E-state index contributed by atoms with van der Waals surface area (Å²) in [5.41, 5.74) is 0.347. The SMILES string of the molecule is CN(C)CCOCCN1CCCNC(C)(C2CC2)C1. The van der Waals surface area contributed by atoms with Crippen LogP contribution in [0.3, 0.4) is 0 Å². The van der Waals surface area contributed by atoms with Crippen LogP contribution in [0, 0.1) is 5.92 Å². The second-order valence-corrected chi connectivity index (χ2v) is 6.66. The summed E-state index contributed by atoms with van der Waals surface area (Å²) < 4.78 is 5.73. The molecule has 0 radical (unpaired) electrons. The molecular formula is C15H31N3O. The lowest BCUT2D eigenvalue weighted by molar-refractivity contribution is 0.0854. The molecule has 1 unspecified atom stereocenters. The quantitative estimate of drug-likeness (QED) is 0.699. The van der Waals surface area contributed by atoms with Crippen LogP contribution in [0.2, 0.25) is 0 Å². The molecule has 1 N–H and O–H groups in total. The molecule has 19 heavy (non-hydrogen) atoms. The van der Waals surface area contributed by atoms with Gasteiger partial charge in [0.2, 0.25) is 0 Å². The highest BCUT2D eigenvalue weighted by molar-refractivity contribution is 5.00. The molecule has 1 saturated heterocycles. The van der Waals surface area contributed by atoms with Gasteiger partial charge in [-0.2, -0.15) is 0 Å². The van der Waals surface area contributed by atoms with E-state index in [0.717, 1.165) is 32.2 Å². The summed E-state index contributed by atoms with van der Waals surface area (Å²) >= 11 is 0. The van der Waals surface area contributed by atoms with Crippen molar-refractivity contribution in [3.63, 3.8) is 0 Å². The van der Waals surface area contributed by atoms with Gasteiger partial charge in [-0.15, -0.1) is 0 Å². The largest absolute Gasteiger partial charge is 0.379 e. The van der Waals surface area contributed by atoms with E-state index >= 15 is 0 Å². The Kier molecular flexibility index (Phi) is 5.63. The van der Waals surface area contributed by atoms with E-state index in [1.807, 2.05) is 0 Å². The first-order chi connectivity index (χ1) is 9.10. The van der Waals surface area contributed by atoms with Crippen molar-refractivity contribution in [2.45, 2.75) is 31.7 Å². The van der Waals surface area contributed by atoms with Crippen molar-refractivity contribution < 1.29 is 4.74 Å². The van der Waals surface area contributed by atoms with Gasteiger partial charge >= 0.3 is 0 Å². The van der Waals surface area contributed by atoms with E-state index in [1.54, 1.807) is 0 Å². The second kappa shape index (κ2) is 7.02. The van der Waals surface area contributed by atoms with Crippen molar-refractivity contribution in [3.8, 4) is 0 Å². The first-order valence-corrected chi connectivity index (χ1v) is 7.80. The molecule has 0 aromatic rings. The van der Waals surface area contributed by atoms with E-state index in [2.05, 4.69) is 36.1 Å². The summed E-state index contributed by atoms with van der Waals surface area (Å²) in [6.07, 6.45) is 4.09. The van der Waals surface area contributed by atoms with Gasteiger partial charge in [-0.25, -0.2) is 0 Å². The summed E-state index contributed by atoms with van der Waals surface area (Å²) in [7, 11) is 4.18. The van der Waals surface area contributed by atoms with Crippen LogP contribution in [0.4, 0.5) is 0 Å². The van der Waals surface area contributed by atoms with Crippen molar-refractivity contribution in [1.82, 2.24) is 15.1 Å². The Balaban J connectivity index is 1.67. The van der Waals surface area contributed by atoms with Gasteiger partial charge in [-0.3, -0.25) is 4.90 Å². The number of nitrogens with one attached hydrogen (secondary N) is 1. The number of likely N-dealkylation sites (N-methyl/N-ethyl adjacent to an activating group) is 1. The zero-order chi connectivity index (χ0) is 13.7. The van der Waals surface area contributed by atoms with Crippen molar-refractivity contribution in [3.05, 3.63) is 0 Å². The van der Waals surface area contributed by atoms with Gasteiger partial charge in [0.05, 0.1) is 13.2 Å². The standard InChI is InChI=1S/C15H31N3O/c1-15(14-5-6-14)13-18(8-4-7-16-15)10-12-19-11-9-17(2)3/h14,16H,4-13H2,1-3H3. The van der Waals surface area contributed by atoms with Gasteiger partial charge < -0.3 is 15.0 Å². The maximum absolute atomic E-state index is 5.73. The van der Waals surface area contributed by atoms with E-state index in [4.69, 9.17) is 4.74 Å². The average Bonchev–Trinajstić information content (AvgIpc) is 3.16. The van der Waals surface area contributed by atoms with Crippen LogP contribution in [-0.4, -0.2) is 75.4 Å². The van der Waals surface area contributed by atoms with Crippen LogP contribution >= 0.6 is 0 Å². The molecule has 1 aliphatic carbocycles. The normalized spacial score (nSPS) is 29.7. The molecule has 4 nitrogen and oxygen atoms in total. The predicted octanol–water partition coefficient (Wildman–Crippen LogP) is 1.03. The molecule has 0 amide bonds. The number of hydrogen-bond acceptors (Lipinski definition) is 4. The van der Waals surface area contributed by atoms with Gasteiger partial charge in [-0.05, 0) is 59.3 Å². The fourth-order valence-corrected chi connectivity index (χ4v) is 3.00. The van der Waals surface area contributed by atoms with E-state index < -0.39 is 0 Å². The third-order valence-electron chi connectivity index (χ3n) is 4.45. The molecule has 2 fully saturated rings. The molecule has 112 valence electrons. The highest BCUT2D eigenvalue weighted by Gasteiger charge is 2.42. The summed E-state index contributed by atoms with van der Waals surface area (Å²) in [6, 6.07) is 0. The average molecular weight is 269 g/mol. The van der Waals surface area contributed by atoms with Crippen molar-refractivity contribution in [2.24, 2.45) is 5.92 Å². The number of hydrogen-bond donors (Lipinski definition) is 1. The van der Waals surface area contributed by atoms with Gasteiger partial charge in [-0.1, -0.05) is 0 Å². The smallest absolute Gasteiger partial charge is 0.0594 e. The first kappa shape index (κ1) is 15.2. The van der Waals surface area contributed by atoms with E-state index in [-0.39, 0.29) is 0 Å². The molecule has 0 aromatic carbocycles. The van der Waals surface area contributed by atoms with Crippen molar-refractivity contribution in [2.75, 3.05) is 60.0 Å². The third kappa shape index (κ3) is 5.03. The molecule has 0 bridgehead atoms. The summed E-state index contributed by atoms with van der Waals surface area (Å²) in [5, 5.41) is 3.78. The van der Waals surface area contributed by atoms with E-state index in [1.165, 1.54) is 38.9 Å². The lowest BCUT2D eigenvalue weighted by atomic mass is 9.95. The van der Waals surface area contributed by atoms with E-state index in [9.17, 15) is 0 Å². The lowest BCUT2D eigenvalue weighted by Crippen LogP contribution is -2.51. The van der Waals surface area contributed by atoms with Crippen molar-refractivity contribution in [1.29, 1.82) is 0 Å². The highest BCUT2D eigenvalue weighted by Crippen LogP contribution is 2.40. The molecule has 4 heteroatoms. The Morgan fingerprint density at radius 3 is 2.79 bits per heavy atom. The molecule has 0 spiro atoms. The summed E-state index contributed by atoms with van der Waals surface area (Å²) in [5.74, 6) is 0.905. The van der Waals surface area contributed by atoms with Gasteiger partial charge in [0.15, 0.2) is 0 Å². The Morgan fingerprint density at radius 2 is 2.11 bits per heavy atom. The Morgan fingerprint density at radius 1 is 1.32 bits per heavy atom. The zero-order valence-electron chi connectivity index (χ0n) is 13.0. The maximum Gasteiger partial charge on any atom is 0.0594 e. The minimum atomic E-state index is 0.347. The topological polar surface area (TPSA) is 27.7 Å². The molecule has 2 rings (SSSR count). The van der Waals surface area contributed by atoms with Crippen LogP contribution in [0.25, 0.3) is 0 Å². The maximum atomic E-state index is 5.73. The Bertz CT molecular complexity index is 268. The van der Waals surface area contributed by atoms with Crippen LogP contribution in [-0.2, 0) is 4.74 Å². The fraction of sp³-hybridized carbons (Fsp3) is 1.00. The molecule has 1 heterocycles. The first-order valence-electron chi connectivity index (χ1n) is 7.80. The van der Waals surface area contributed by atoms with Crippen LogP contribution in [0.1, 0.15) is 26.2 Å². The second-order valence-electron chi connectivity index (χ2n) is 6.66. The third-order valence-corrected chi connectivity index (χ3v) is 4.45. The molecule has 2 aliphatic rings. The van der Waals surface area contributed by atoms with Crippen molar-refractivity contribution >= 4 is 0 Å². The predicted molar refractivity (Wildman–Crippen MR) is 79.6 cm³/mol. The minimum absolute atomic E-state index is 0.347. The van der Waals surface area contributed by atoms with Gasteiger partial charge in [0, 0.05) is 25.2 Å². The Labute approximate surface area is 118 Å². The lowest BCUT2D eigenvalue weighted by Gasteiger charge is -2.34. The molecular weight excluding hydrogens is 238 g/mol. The van der Waals surface area contributed by atoms with Crippen LogP contribution in [0.15, 0.2) is 0 Å². The summed E-state index contributed by atoms with van der Waals surface area (Å²) in [4.78, 5) is 4.76. The summed E-state index contributed by atoms with van der Waals surface area (Å²) in [6.45, 7) is 9.80. The number of rotatable bonds is 7. The number of nitrogens with zero attached hydrogens (tertiary/aromatic N) is 2. The van der Waals surface area contributed by atoms with Crippen LogP contribution in [0.5, 0.6) is 0 Å². The Hall–Kier alpha value is -0.160. The monoisotopic (exact) mass is 269 g/mol. The highest BCUT2D eigenvalue weighted by atomic mass is 16.5. The van der Waals surface area contributed by atoms with Crippen LogP contribution < -0.4 is 5.32 Å². The van der Waals surface area contributed by atoms with Gasteiger partial charge in [0.25, 0.3) is 0 Å². The number of ether oxygens (including phenoxy) is 1. The molecule has 0 aromatic heterocycles. The molecule has 1 aliphatic heterocycles. The molecule has 1 atom stereocenters. The minimum Gasteiger partial charge on any atom is -0.379 e. The zero-order valence-corrected chi connectivity index (χ0v) is 13.0. The fourth-order valence-electron chi connectivity index (χ4n) is 3.00.